The first-order valence-electron chi connectivity index (χ1n) is 7.97. The van der Waals surface area contributed by atoms with E-state index in [-0.39, 0.29) is 17.1 Å². The fourth-order valence-corrected chi connectivity index (χ4v) is 3.49. The van der Waals surface area contributed by atoms with E-state index < -0.39 is 0 Å². The van der Waals surface area contributed by atoms with Gasteiger partial charge in [-0.05, 0) is 5.56 Å². The first-order valence-corrected chi connectivity index (χ1v) is 8.96. The summed E-state index contributed by atoms with van der Waals surface area (Å²) in [7, 11) is 0. The molecule has 0 aliphatic carbocycles. The summed E-state index contributed by atoms with van der Waals surface area (Å²) >= 11 is 1.29. The lowest BCUT2D eigenvalue weighted by molar-refractivity contribution is 0.102. The SMILES string of the molecule is O=C(CSc1nnc2[nH]c(=O)cc(-c3ccccc3)n12)c1ccccc1. The number of nitrogens with one attached hydrogen (secondary N) is 1. The molecule has 2 aromatic carbocycles. The number of hydrogen-bond donors (Lipinski definition) is 1. The fourth-order valence-electron chi connectivity index (χ4n) is 2.66. The van der Waals surface area contributed by atoms with E-state index in [1.54, 1.807) is 16.5 Å². The molecule has 0 radical (unpaired) electrons. The Kier molecular flexibility index (Phi) is 4.37. The molecule has 0 bridgehead atoms. The van der Waals surface area contributed by atoms with Gasteiger partial charge in [-0.3, -0.25) is 19.0 Å². The van der Waals surface area contributed by atoms with Gasteiger partial charge in [0.25, 0.3) is 5.56 Å². The van der Waals surface area contributed by atoms with Crippen molar-refractivity contribution in [3.8, 4) is 11.3 Å². The third kappa shape index (κ3) is 3.16. The molecule has 0 aliphatic rings. The molecule has 2 heterocycles. The number of benzene rings is 2. The second kappa shape index (κ2) is 6.97. The Hall–Kier alpha value is -3.19. The zero-order chi connectivity index (χ0) is 17.9. The number of aromatic nitrogens is 4. The molecule has 128 valence electrons. The molecular weight excluding hydrogens is 348 g/mol. The van der Waals surface area contributed by atoms with Crippen molar-refractivity contribution in [2.75, 3.05) is 5.75 Å². The van der Waals surface area contributed by atoms with Gasteiger partial charge in [0.15, 0.2) is 10.9 Å². The second-order valence-corrected chi connectivity index (χ2v) is 6.55. The molecule has 2 aromatic heterocycles. The molecule has 1 N–H and O–H groups in total. The summed E-state index contributed by atoms with van der Waals surface area (Å²) in [5.41, 5.74) is 1.97. The Balaban J connectivity index is 1.70. The maximum atomic E-state index is 12.3. The highest BCUT2D eigenvalue weighted by Crippen LogP contribution is 2.24. The number of ketones is 1. The van der Waals surface area contributed by atoms with Crippen LogP contribution >= 0.6 is 11.8 Å². The van der Waals surface area contributed by atoms with Gasteiger partial charge in [0.1, 0.15) is 0 Å². The Morgan fingerprint density at radius 2 is 1.69 bits per heavy atom. The van der Waals surface area contributed by atoms with E-state index in [1.165, 1.54) is 17.8 Å². The van der Waals surface area contributed by atoms with E-state index in [0.29, 0.717) is 22.2 Å². The van der Waals surface area contributed by atoms with Gasteiger partial charge in [-0.1, -0.05) is 72.4 Å². The average Bonchev–Trinajstić information content (AvgIpc) is 3.09. The fraction of sp³-hybridized carbons (Fsp3) is 0.0526. The van der Waals surface area contributed by atoms with Gasteiger partial charge in [-0.25, -0.2) is 0 Å². The summed E-state index contributed by atoms with van der Waals surface area (Å²) < 4.78 is 1.76. The van der Waals surface area contributed by atoms with Crippen LogP contribution in [0.3, 0.4) is 0 Å². The molecule has 0 unspecified atom stereocenters. The molecule has 0 atom stereocenters. The van der Waals surface area contributed by atoms with Crippen LogP contribution in [0.2, 0.25) is 0 Å². The predicted octanol–water partition coefficient (Wildman–Crippen LogP) is 3.06. The van der Waals surface area contributed by atoms with Crippen LogP contribution < -0.4 is 5.56 Å². The zero-order valence-electron chi connectivity index (χ0n) is 13.6. The number of thioether (sulfide) groups is 1. The van der Waals surface area contributed by atoms with Gasteiger partial charge in [0.2, 0.25) is 5.78 Å². The number of carbonyl (C=O) groups excluding carboxylic acids is 1. The monoisotopic (exact) mass is 362 g/mol. The summed E-state index contributed by atoms with van der Waals surface area (Å²) in [4.78, 5) is 27.0. The van der Waals surface area contributed by atoms with E-state index in [0.717, 1.165) is 5.56 Å². The number of hydrogen-bond acceptors (Lipinski definition) is 5. The van der Waals surface area contributed by atoms with Crippen molar-refractivity contribution < 1.29 is 4.79 Å². The number of fused-ring (bicyclic) bond motifs is 1. The molecule has 0 amide bonds. The highest BCUT2D eigenvalue weighted by molar-refractivity contribution is 7.99. The van der Waals surface area contributed by atoms with Crippen LogP contribution in [0.25, 0.3) is 17.0 Å². The van der Waals surface area contributed by atoms with Crippen LogP contribution in [0.5, 0.6) is 0 Å². The summed E-state index contributed by atoms with van der Waals surface area (Å²) in [6.07, 6.45) is 0. The lowest BCUT2D eigenvalue weighted by Gasteiger charge is -2.07. The molecule has 4 rings (SSSR count). The highest BCUT2D eigenvalue weighted by atomic mass is 32.2. The van der Waals surface area contributed by atoms with E-state index in [4.69, 9.17) is 0 Å². The number of carbonyl (C=O) groups is 1. The smallest absolute Gasteiger partial charge is 0.252 e. The van der Waals surface area contributed by atoms with Crippen LogP contribution in [0.4, 0.5) is 0 Å². The van der Waals surface area contributed by atoms with Crippen molar-refractivity contribution in [3.63, 3.8) is 0 Å². The minimum absolute atomic E-state index is 0.0121. The molecule has 0 aliphatic heterocycles. The van der Waals surface area contributed by atoms with Gasteiger partial charge in [0, 0.05) is 11.6 Å². The standard InChI is InChI=1S/C19H14N4O2S/c24-16(14-9-5-2-6-10-14)12-26-19-22-21-18-20-17(25)11-15(23(18)19)13-7-3-1-4-8-13/h1-11H,12H2,(H,20,21,25). The Labute approximate surface area is 152 Å². The topological polar surface area (TPSA) is 80.1 Å². The first-order chi connectivity index (χ1) is 12.7. The third-order valence-corrected chi connectivity index (χ3v) is 4.80. The molecule has 7 heteroatoms. The third-order valence-electron chi connectivity index (χ3n) is 3.87. The van der Waals surface area contributed by atoms with Gasteiger partial charge in [-0.15, -0.1) is 10.2 Å². The zero-order valence-corrected chi connectivity index (χ0v) is 14.4. The number of H-pyrrole nitrogens is 1. The highest BCUT2D eigenvalue weighted by Gasteiger charge is 2.15. The van der Waals surface area contributed by atoms with Crippen LogP contribution in [-0.4, -0.2) is 31.1 Å². The minimum Gasteiger partial charge on any atom is -0.293 e. The molecular formula is C19H14N4O2S. The van der Waals surface area contributed by atoms with Crippen molar-refractivity contribution in [1.29, 1.82) is 0 Å². The summed E-state index contributed by atoms with van der Waals surface area (Å²) in [6.45, 7) is 0. The van der Waals surface area contributed by atoms with E-state index >= 15 is 0 Å². The van der Waals surface area contributed by atoms with E-state index in [1.807, 2.05) is 48.5 Å². The Bertz CT molecular complexity index is 1120. The van der Waals surface area contributed by atoms with Crippen molar-refractivity contribution in [2.45, 2.75) is 5.16 Å². The normalized spacial score (nSPS) is 10.9. The molecule has 26 heavy (non-hydrogen) atoms. The predicted molar refractivity (Wildman–Crippen MR) is 101 cm³/mol. The minimum atomic E-state index is -0.249. The lowest BCUT2D eigenvalue weighted by Crippen LogP contribution is -2.10. The number of nitrogens with zero attached hydrogens (tertiary/aromatic N) is 3. The Morgan fingerprint density at radius 1 is 1.00 bits per heavy atom. The molecule has 0 spiro atoms. The van der Waals surface area contributed by atoms with Gasteiger partial charge in [-0.2, -0.15) is 0 Å². The summed E-state index contributed by atoms with van der Waals surface area (Å²) in [6, 6.07) is 20.2. The number of aromatic amines is 1. The Morgan fingerprint density at radius 3 is 2.42 bits per heavy atom. The van der Waals surface area contributed by atoms with Crippen molar-refractivity contribution in [2.24, 2.45) is 0 Å². The largest absolute Gasteiger partial charge is 0.293 e. The molecule has 0 fully saturated rings. The van der Waals surface area contributed by atoms with Crippen molar-refractivity contribution in [3.05, 3.63) is 82.6 Å². The van der Waals surface area contributed by atoms with Gasteiger partial charge >= 0.3 is 0 Å². The van der Waals surface area contributed by atoms with Gasteiger partial charge < -0.3 is 0 Å². The average molecular weight is 362 g/mol. The summed E-state index contributed by atoms with van der Waals surface area (Å²) in [5.74, 6) is 0.599. The van der Waals surface area contributed by atoms with Crippen LogP contribution in [0, 0.1) is 0 Å². The molecule has 6 nitrogen and oxygen atoms in total. The summed E-state index contributed by atoms with van der Waals surface area (Å²) in [5, 5.41) is 8.74. The van der Waals surface area contributed by atoms with E-state index in [9.17, 15) is 9.59 Å². The number of Topliss-reactive ketones (excluding diaryl/α,β-unsaturated/α-hetero) is 1. The van der Waals surface area contributed by atoms with Crippen LogP contribution in [-0.2, 0) is 0 Å². The van der Waals surface area contributed by atoms with Crippen LogP contribution in [0.1, 0.15) is 10.4 Å². The first kappa shape index (κ1) is 16.3. The maximum Gasteiger partial charge on any atom is 0.252 e. The lowest BCUT2D eigenvalue weighted by atomic mass is 10.1. The number of rotatable bonds is 5. The van der Waals surface area contributed by atoms with E-state index in [2.05, 4.69) is 15.2 Å². The van der Waals surface area contributed by atoms with Crippen molar-refractivity contribution in [1.82, 2.24) is 19.6 Å². The van der Waals surface area contributed by atoms with Crippen molar-refractivity contribution >= 4 is 23.3 Å². The molecule has 4 aromatic rings. The molecule has 0 saturated carbocycles. The van der Waals surface area contributed by atoms with Gasteiger partial charge in [0.05, 0.1) is 11.4 Å². The van der Waals surface area contributed by atoms with Crippen LogP contribution in [0.15, 0.2) is 76.7 Å². The second-order valence-electron chi connectivity index (χ2n) is 5.60. The maximum absolute atomic E-state index is 12.3. The molecule has 0 saturated heterocycles. The quantitative estimate of drug-likeness (QED) is 0.436.